The van der Waals surface area contributed by atoms with Crippen LogP contribution < -0.4 is 0 Å². The first-order chi connectivity index (χ1) is 5.18. The van der Waals surface area contributed by atoms with Crippen LogP contribution in [0.2, 0.25) is 0 Å². The summed E-state index contributed by atoms with van der Waals surface area (Å²) in [5.41, 5.74) is 0. The highest BCUT2D eigenvalue weighted by Crippen LogP contribution is 2.29. The molecule has 12 heavy (non-hydrogen) atoms. The van der Waals surface area contributed by atoms with Gasteiger partial charge in [-0.05, 0) is 31.1 Å². The van der Waals surface area contributed by atoms with Gasteiger partial charge in [0.1, 0.15) is 6.17 Å². The number of halogens is 1. The minimum atomic E-state index is -0.510. The molecular weight excluding hydrogens is 155 g/mol. The van der Waals surface area contributed by atoms with Crippen molar-refractivity contribution in [3.8, 4) is 0 Å². The first-order valence-corrected chi connectivity index (χ1v) is 4.82. The number of hydrogen-bond acceptors (Lipinski definition) is 0. The molecule has 0 heterocycles. The van der Waals surface area contributed by atoms with Gasteiger partial charge in [0.25, 0.3) is 0 Å². The van der Waals surface area contributed by atoms with Gasteiger partial charge in [-0.15, -0.1) is 0 Å². The van der Waals surface area contributed by atoms with Gasteiger partial charge in [0.2, 0.25) is 0 Å². The fraction of sp³-hybridized carbons (Fsp3) is 1.00. The van der Waals surface area contributed by atoms with E-state index in [1.165, 1.54) is 6.42 Å². The summed E-state index contributed by atoms with van der Waals surface area (Å²) in [4.78, 5) is 0. The van der Waals surface area contributed by atoms with Gasteiger partial charge in [-0.2, -0.15) is 0 Å². The van der Waals surface area contributed by atoms with Crippen LogP contribution in [-0.2, 0) is 0 Å². The number of rotatable bonds is 0. The van der Waals surface area contributed by atoms with Gasteiger partial charge in [-0.1, -0.05) is 27.7 Å². The van der Waals surface area contributed by atoms with Crippen LogP contribution in [0.15, 0.2) is 0 Å². The molecule has 0 spiro atoms. The van der Waals surface area contributed by atoms with Crippen LogP contribution in [0.4, 0.5) is 4.39 Å². The Labute approximate surface area is 75.7 Å². The van der Waals surface area contributed by atoms with Gasteiger partial charge in [-0.25, -0.2) is 4.39 Å². The van der Waals surface area contributed by atoms with Crippen molar-refractivity contribution in [3.63, 3.8) is 0 Å². The Balaban J connectivity index is 0. The molecule has 1 rings (SSSR count). The van der Waals surface area contributed by atoms with Crippen molar-refractivity contribution < 1.29 is 9.87 Å². The summed E-state index contributed by atoms with van der Waals surface area (Å²) in [6.07, 6.45) is 2.30. The lowest BCUT2D eigenvalue weighted by molar-refractivity contribution is 0.165. The minimum Gasteiger partial charge on any atom is -0.412 e. The van der Waals surface area contributed by atoms with E-state index >= 15 is 0 Å². The summed E-state index contributed by atoms with van der Waals surface area (Å²) in [5, 5.41) is 0. The van der Waals surface area contributed by atoms with Gasteiger partial charge in [0.15, 0.2) is 0 Å². The van der Waals surface area contributed by atoms with Crippen molar-refractivity contribution in [3.05, 3.63) is 0 Å². The zero-order valence-corrected chi connectivity index (χ0v) is 8.73. The van der Waals surface area contributed by atoms with E-state index in [1.807, 2.05) is 13.8 Å². The molecule has 1 saturated carbocycles. The maximum atomic E-state index is 12.7. The lowest BCUT2D eigenvalue weighted by atomic mass is 9.82. The zero-order valence-electron chi connectivity index (χ0n) is 8.73. The lowest BCUT2D eigenvalue weighted by Crippen LogP contribution is -2.19. The summed E-state index contributed by atoms with van der Waals surface area (Å²) in [6.45, 7) is 8.28. The van der Waals surface area contributed by atoms with Crippen molar-refractivity contribution in [1.29, 1.82) is 0 Å². The Kier molecular flexibility index (Phi) is 9.05. The molecule has 1 aliphatic rings. The number of hydrogen-bond donors (Lipinski definition) is 0. The van der Waals surface area contributed by atoms with Crippen molar-refractivity contribution in [2.45, 2.75) is 53.1 Å². The van der Waals surface area contributed by atoms with Gasteiger partial charge in [0.05, 0.1) is 0 Å². The van der Waals surface area contributed by atoms with E-state index in [9.17, 15) is 4.39 Å². The molecule has 2 unspecified atom stereocenters. The van der Waals surface area contributed by atoms with E-state index in [0.29, 0.717) is 11.8 Å². The van der Waals surface area contributed by atoms with Crippen LogP contribution in [0.1, 0.15) is 47.0 Å². The summed E-state index contributed by atoms with van der Waals surface area (Å²) in [7, 11) is 0. The molecule has 3 atom stereocenters. The molecule has 76 valence electrons. The van der Waals surface area contributed by atoms with Crippen molar-refractivity contribution in [2.24, 2.45) is 11.8 Å². The first kappa shape index (κ1) is 14.4. The standard InChI is InChI=1S/C8H15F.C2H6.H2O/c1-6-3-7(2)5-8(9)4-6;1-2;/h6-8H,3-5H2,1-2H3;1-2H3;1H2/t6-,7?,8?;;/m0../s1. The van der Waals surface area contributed by atoms with Crippen LogP contribution in [0.3, 0.4) is 0 Å². The average Bonchev–Trinajstić information content (AvgIpc) is 1.88. The highest BCUT2D eigenvalue weighted by Gasteiger charge is 2.22. The van der Waals surface area contributed by atoms with Crippen LogP contribution in [0, 0.1) is 11.8 Å². The fourth-order valence-electron chi connectivity index (χ4n) is 1.85. The topological polar surface area (TPSA) is 31.5 Å². The molecule has 0 aliphatic heterocycles. The maximum Gasteiger partial charge on any atom is 0.101 e. The van der Waals surface area contributed by atoms with E-state index in [2.05, 4.69) is 13.8 Å². The highest BCUT2D eigenvalue weighted by molar-refractivity contribution is 4.73. The first-order valence-electron chi connectivity index (χ1n) is 4.82. The third kappa shape index (κ3) is 5.53. The molecule has 0 bridgehead atoms. The van der Waals surface area contributed by atoms with Crippen LogP contribution in [0.5, 0.6) is 0 Å². The van der Waals surface area contributed by atoms with E-state index < -0.39 is 6.17 Å². The van der Waals surface area contributed by atoms with E-state index in [0.717, 1.165) is 12.8 Å². The van der Waals surface area contributed by atoms with E-state index in [-0.39, 0.29) is 5.48 Å². The molecule has 1 nitrogen and oxygen atoms in total. The molecule has 0 amide bonds. The second-order valence-corrected chi connectivity index (χ2v) is 3.51. The fourth-order valence-corrected chi connectivity index (χ4v) is 1.85. The van der Waals surface area contributed by atoms with Crippen LogP contribution >= 0.6 is 0 Å². The second kappa shape index (κ2) is 7.53. The van der Waals surface area contributed by atoms with Crippen molar-refractivity contribution in [2.75, 3.05) is 0 Å². The van der Waals surface area contributed by atoms with Crippen molar-refractivity contribution >= 4 is 0 Å². The molecule has 0 aromatic rings. The Hall–Kier alpha value is -0.110. The van der Waals surface area contributed by atoms with Crippen molar-refractivity contribution in [1.82, 2.24) is 0 Å². The summed E-state index contributed by atoms with van der Waals surface area (Å²) in [5.74, 6) is 1.23. The normalized spacial score (nSPS) is 34.2. The van der Waals surface area contributed by atoms with Crippen LogP contribution in [0.25, 0.3) is 0 Å². The third-order valence-electron chi connectivity index (χ3n) is 2.12. The predicted molar refractivity (Wildman–Crippen MR) is 52.0 cm³/mol. The lowest BCUT2D eigenvalue weighted by Gasteiger charge is -2.26. The van der Waals surface area contributed by atoms with Gasteiger partial charge in [-0.3, -0.25) is 0 Å². The Morgan fingerprint density at radius 2 is 1.25 bits per heavy atom. The summed E-state index contributed by atoms with van der Waals surface area (Å²) >= 11 is 0. The SMILES string of the molecule is CC.CC1CC(F)C[C@@H](C)C1.O. The highest BCUT2D eigenvalue weighted by atomic mass is 19.1. The molecule has 1 fully saturated rings. The Morgan fingerprint density at radius 1 is 0.917 bits per heavy atom. The number of alkyl halides is 1. The quantitative estimate of drug-likeness (QED) is 0.546. The molecule has 2 N–H and O–H groups in total. The smallest absolute Gasteiger partial charge is 0.101 e. The zero-order chi connectivity index (χ0) is 8.85. The molecule has 2 heteroatoms. The monoisotopic (exact) mass is 178 g/mol. The van der Waals surface area contributed by atoms with E-state index in [1.54, 1.807) is 0 Å². The van der Waals surface area contributed by atoms with E-state index in [4.69, 9.17) is 0 Å². The average molecular weight is 178 g/mol. The Morgan fingerprint density at radius 3 is 1.50 bits per heavy atom. The molecule has 1 aliphatic carbocycles. The van der Waals surface area contributed by atoms with Gasteiger partial charge >= 0.3 is 0 Å². The third-order valence-corrected chi connectivity index (χ3v) is 2.12. The summed E-state index contributed by atoms with van der Waals surface area (Å²) < 4.78 is 12.7. The minimum absolute atomic E-state index is 0. The molecular formula is C10H23FO. The van der Waals surface area contributed by atoms with Crippen LogP contribution in [-0.4, -0.2) is 11.6 Å². The second-order valence-electron chi connectivity index (χ2n) is 3.51. The molecule has 0 aromatic carbocycles. The molecule has 0 radical (unpaired) electrons. The van der Waals surface area contributed by atoms with Gasteiger partial charge < -0.3 is 5.48 Å². The largest absolute Gasteiger partial charge is 0.412 e. The van der Waals surface area contributed by atoms with Gasteiger partial charge in [0, 0.05) is 0 Å². The molecule has 0 saturated heterocycles. The molecule has 0 aromatic heterocycles. The maximum absolute atomic E-state index is 12.7. The summed E-state index contributed by atoms with van der Waals surface area (Å²) in [6, 6.07) is 0. The Bertz CT molecular complexity index is 70.8. The predicted octanol–water partition coefficient (Wildman–Crippen LogP) is 2.98.